The van der Waals surface area contributed by atoms with E-state index in [1.807, 2.05) is 36.4 Å². The second-order valence-corrected chi connectivity index (χ2v) is 5.15. The van der Waals surface area contributed by atoms with Crippen molar-refractivity contribution in [1.29, 1.82) is 5.26 Å². The first-order chi connectivity index (χ1) is 9.78. The van der Waals surface area contributed by atoms with Gasteiger partial charge in [-0.15, -0.1) is 0 Å². The molecule has 0 aliphatic rings. The van der Waals surface area contributed by atoms with Crippen molar-refractivity contribution in [3.8, 4) is 6.07 Å². The second-order valence-electron chi connectivity index (χ2n) is 5.15. The zero-order chi connectivity index (χ0) is 14.3. The quantitative estimate of drug-likeness (QED) is 0.799. The van der Waals surface area contributed by atoms with Crippen molar-refractivity contribution in [2.45, 2.75) is 12.8 Å². The third kappa shape index (κ3) is 3.69. The summed E-state index contributed by atoms with van der Waals surface area (Å²) < 4.78 is 5.32. The Bertz CT molecular complexity index is 515. The van der Waals surface area contributed by atoms with Gasteiger partial charge in [-0.25, -0.2) is 0 Å². The van der Waals surface area contributed by atoms with E-state index in [1.54, 1.807) is 7.11 Å². The molecule has 0 saturated heterocycles. The third-order valence-electron chi connectivity index (χ3n) is 3.43. The van der Waals surface area contributed by atoms with Crippen LogP contribution >= 0.6 is 0 Å². The lowest BCUT2D eigenvalue weighted by Crippen LogP contribution is -2.30. The lowest BCUT2D eigenvalue weighted by Gasteiger charge is -2.26. The zero-order valence-electron chi connectivity index (χ0n) is 11.8. The summed E-state index contributed by atoms with van der Waals surface area (Å²) in [5.74, 6) is 0. The summed E-state index contributed by atoms with van der Waals surface area (Å²) in [5.41, 5.74) is 1.82. The molecular weight excluding hydrogens is 246 g/mol. The largest absolute Gasteiger partial charge is 0.383 e. The molecule has 0 aliphatic heterocycles. The first-order valence-electron chi connectivity index (χ1n) is 6.76. The third-order valence-corrected chi connectivity index (χ3v) is 3.43. The van der Waals surface area contributed by atoms with Crippen LogP contribution < -0.4 is 0 Å². The summed E-state index contributed by atoms with van der Waals surface area (Å²) in [4.78, 5) is 0. The van der Waals surface area contributed by atoms with Gasteiger partial charge in [0.1, 0.15) is 0 Å². The normalized spacial score (nSPS) is 11.0. The lowest BCUT2D eigenvalue weighted by atomic mass is 9.78. The molecule has 0 fully saturated rings. The molecular formula is C18H19NO. The first-order valence-corrected chi connectivity index (χ1v) is 6.76. The molecule has 0 aromatic heterocycles. The Morgan fingerprint density at radius 2 is 1.35 bits per heavy atom. The Balaban J connectivity index is 2.23. The van der Waals surface area contributed by atoms with Gasteiger partial charge in [0, 0.05) is 7.11 Å². The van der Waals surface area contributed by atoms with Crippen LogP contribution in [-0.2, 0) is 17.6 Å². The lowest BCUT2D eigenvalue weighted by molar-refractivity contribution is 0.115. The van der Waals surface area contributed by atoms with E-state index in [-0.39, 0.29) is 0 Å². The highest BCUT2D eigenvalue weighted by atomic mass is 16.5. The molecule has 2 rings (SSSR count). The van der Waals surface area contributed by atoms with Crippen LogP contribution in [0.2, 0.25) is 0 Å². The molecule has 0 heterocycles. The van der Waals surface area contributed by atoms with Crippen molar-refractivity contribution in [1.82, 2.24) is 0 Å². The highest BCUT2D eigenvalue weighted by molar-refractivity contribution is 5.24. The molecule has 0 unspecified atom stereocenters. The predicted molar refractivity (Wildman–Crippen MR) is 80.2 cm³/mol. The van der Waals surface area contributed by atoms with E-state index in [1.165, 1.54) is 11.1 Å². The molecule has 0 saturated carbocycles. The number of hydrogen-bond donors (Lipinski definition) is 0. The average Bonchev–Trinajstić information content (AvgIpc) is 2.49. The summed E-state index contributed by atoms with van der Waals surface area (Å²) in [7, 11) is 1.65. The number of methoxy groups -OCH3 is 1. The summed E-state index contributed by atoms with van der Waals surface area (Å²) in [6, 6.07) is 22.7. The van der Waals surface area contributed by atoms with E-state index in [4.69, 9.17) is 4.74 Å². The van der Waals surface area contributed by atoms with Crippen LogP contribution in [0.5, 0.6) is 0 Å². The second kappa shape index (κ2) is 6.88. The minimum atomic E-state index is -0.516. The maximum Gasteiger partial charge on any atom is 0.0886 e. The highest BCUT2D eigenvalue weighted by Crippen LogP contribution is 2.28. The molecule has 0 bridgehead atoms. The molecule has 102 valence electrons. The van der Waals surface area contributed by atoms with Crippen LogP contribution in [0, 0.1) is 16.7 Å². The van der Waals surface area contributed by atoms with Crippen molar-refractivity contribution in [3.63, 3.8) is 0 Å². The topological polar surface area (TPSA) is 33.0 Å². The van der Waals surface area contributed by atoms with E-state index < -0.39 is 5.41 Å². The minimum absolute atomic E-state index is 0.438. The molecule has 0 atom stereocenters. The Morgan fingerprint density at radius 3 is 1.70 bits per heavy atom. The summed E-state index contributed by atoms with van der Waals surface area (Å²) in [6.07, 6.45) is 1.40. The molecule has 2 aromatic rings. The van der Waals surface area contributed by atoms with E-state index in [0.717, 1.165) is 0 Å². The van der Waals surface area contributed by atoms with Crippen LogP contribution in [0.1, 0.15) is 11.1 Å². The molecule has 0 aliphatic carbocycles. The van der Waals surface area contributed by atoms with Crippen LogP contribution in [0.4, 0.5) is 0 Å². The fourth-order valence-electron chi connectivity index (χ4n) is 2.53. The van der Waals surface area contributed by atoms with Gasteiger partial charge < -0.3 is 4.74 Å². The molecule has 0 amide bonds. The van der Waals surface area contributed by atoms with Gasteiger partial charge in [-0.2, -0.15) is 5.26 Å². The first kappa shape index (κ1) is 14.3. The van der Waals surface area contributed by atoms with Gasteiger partial charge in [0.15, 0.2) is 0 Å². The molecule has 0 radical (unpaired) electrons. The molecule has 2 aromatic carbocycles. The number of rotatable bonds is 6. The standard InChI is InChI=1S/C18H19NO/c1-20-15-18(14-19,12-16-8-4-2-5-9-16)13-17-10-6-3-7-11-17/h2-11H,12-13,15H2,1H3. The van der Waals surface area contributed by atoms with Gasteiger partial charge >= 0.3 is 0 Å². The van der Waals surface area contributed by atoms with Gasteiger partial charge in [-0.3, -0.25) is 0 Å². The Labute approximate surface area is 120 Å². The van der Waals surface area contributed by atoms with Crippen molar-refractivity contribution in [2.75, 3.05) is 13.7 Å². The number of hydrogen-bond acceptors (Lipinski definition) is 2. The molecule has 2 heteroatoms. The maximum absolute atomic E-state index is 9.70. The van der Waals surface area contributed by atoms with Crippen molar-refractivity contribution in [3.05, 3.63) is 71.8 Å². The fraction of sp³-hybridized carbons (Fsp3) is 0.278. The van der Waals surface area contributed by atoms with E-state index in [0.29, 0.717) is 19.4 Å². The summed E-state index contributed by atoms with van der Waals surface area (Å²) in [5, 5.41) is 9.70. The number of nitrogens with zero attached hydrogens (tertiary/aromatic N) is 1. The highest BCUT2D eigenvalue weighted by Gasteiger charge is 2.31. The van der Waals surface area contributed by atoms with Gasteiger partial charge in [-0.1, -0.05) is 60.7 Å². The smallest absolute Gasteiger partial charge is 0.0886 e. The van der Waals surface area contributed by atoms with Gasteiger partial charge in [0.2, 0.25) is 0 Å². The van der Waals surface area contributed by atoms with Gasteiger partial charge in [-0.05, 0) is 24.0 Å². The minimum Gasteiger partial charge on any atom is -0.383 e. The van der Waals surface area contributed by atoms with Gasteiger partial charge in [0.25, 0.3) is 0 Å². The molecule has 20 heavy (non-hydrogen) atoms. The van der Waals surface area contributed by atoms with E-state index in [9.17, 15) is 5.26 Å². The van der Waals surface area contributed by atoms with Crippen LogP contribution in [0.15, 0.2) is 60.7 Å². The average molecular weight is 265 g/mol. The fourth-order valence-corrected chi connectivity index (χ4v) is 2.53. The molecule has 2 nitrogen and oxygen atoms in total. The van der Waals surface area contributed by atoms with Crippen LogP contribution in [0.3, 0.4) is 0 Å². The van der Waals surface area contributed by atoms with Crippen LogP contribution in [-0.4, -0.2) is 13.7 Å². The zero-order valence-corrected chi connectivity index (χ0v) is 11.8. The van der Waals surface area contributed by atoms with E-state index >= 15 is 0 Å². The van der Waals surface area contributed by atoms with Gasteiger partial charge in [0.05, 0.1) is 18.1 Å². The Kier molecular flexibility index (Phi) is 4.92. The summed E-state index contributed by atoms with van der Waals surface area (Å²) >= 11 is 0. The SMILES string of the molecule is COCC(C#N)(Cc1ccccc1)Cc1ccccc1. The summed E-state index contributed by atoms with van der Waals surface area (Å²) in [6.45, 7) is 0.438. The maximum atomic E-state index is 9.70. The number of ether oxygens (including phenoxy) is 1. The number of nitriles is 1. The van der Waals surface area contributed by atoms with Crippen molar-refractivity contribution >= 4 is 0 Å². The van der Waals surface area contributed by atoms with E-state index in [2.05, 4.69) is 30.3 Å². The van der Waals surface area contributed by atoms with Crippen molar-refractivity contribution < 1.29 is 4.74 Å². The number of benzene rings is 2. The monoisotopic (exact) mass is 265 g/mol. The Morgan fingerprint density at radius 1 is 0.900 bits per heavy atom. The predicted octanol–water partition coefficient (Wildman–Crippen LogP) is 3.63. The Hall–Kier alpha value is -2.11. The van der Waals surface area contributed by atoms with Crippen LogP contribution in [0.25, 0.3) is 0 Å². The van der Waals surface area contributed by atoms with Crippen molar-refractivity contribution in [2.24, 2.45) is 5.41 Å². The molecule has 0 N–H and O–H groups in total. The molecule has 0 spiro atoms.